The Hall–Kier alpha value is -2.77. The van der Waals surface area contributed by atoms with Crippen LogP contribution in [0.2, 0.25) is 5.02 Å². The van der Waals surface area contributed by atoms with Crippen molar-refractivity contribution in [3.05, 3.63) is 70.3 Å². The molecule has 0 N–H and O–H groups in total. The highest BCUT2D eigenvalue weighted by molar-refractivity contribution is 6.34. The van der Waals surface area contributed by atoms with Crippen molar-refractivity contribution in [3.63, 3.8) is 0 Å². The van der Waals surface area contributed by atoms with Crippen LogP contribution in [-0.2, 0) is 11.3 Å². The topological polar surface area (TPSA) is 60.3 Å². The fourth-order valence-electron chi connectivity index (χ4n) is 4.09. The lowest BCUT2D eigenvalue weighted by Crippen LogP contribution is -2.56. The Bertz CT molecular complexity index is 1100. The van der Waals surface area contributed by atoms with Gasteiger partial charge in [0.2, 0.25) is 0 Å². The second-order valence-electron chi connectivity index (χ2n) is 7.36. The molecule has 6 nitrogen and oxygen atoms in total. The summed E-state index contributed by atoms with van der Waals surface area (Å²) in [7, 11) is 0. The monoisotopic (exact) mass is 412 g/mol. The van der Waals surface area contributed by atoms with Gasteiger partial charge >= 0.3 is 0 Å². The van der Waals surface area contributed by atoms with E-state index >= 15 is 0 Å². The van der Waals surface area contributed by atoms with Gasteiger partial charge in [-0.3, -0.25) is 4.79 Å². The maximum Gasteiger partial charge on any atom is 0.256 e. The maximum atomic E-state index is 13.4. The molecular formula is C21H18ClFN4O2. The summed E-state index contributed by atoms with van der Waals surface area (Å²) in [6.07, 6.45) is 0. The lowest BCUT2D eigenvalue weighted by Gasteiger charge is -2.45. The number of hydrogen-bond acceptors (Lipinski definition) is 4. The van der Waals surface area contributed by atoms with Crippen LogP contribution >= 0.6 is 11.6 Å². The van der Waals surface area contributed by atoms with Crippen LogP contribution < -0.4 is 0 Å². The quantitative estimate of drug-likeness (QED) is 0.644. The van der Waals surface area contributed by atoms with E-state index in [0.717, 1.165) is 11.1 Å². The molecule has 0 unspecified atom stereocenters. The highest BCUT2D eigenvalue weighted by Crippen LogP contribution is 2.37. The predicted molar refractivity (Wildman–Crippen MR) is 105 cm³/mol. The van der Waals surface area contributed by atoms with Gasteiger partial charge in [0.1, 0.15) is 11.9 Å². The zero-order valence-corrected chi connectivity index (χ0v) is 16.4. The fourth-order valence-corrected chi connectivity index (χ4v) is 4.30. The smallest absolute Gasteiger partial charge is 0.256 e. The number of benzene rings is 2. The Morgan fingerprint density at radius 3 is 2.76 bits per heavy atom. The van der Waals surface area contributed by atoms with Crippen molar-refractivity contribution >= 4 is 17.5 Å². The minimum absolute atomic E-state index is 0.130. The number of amides is 1. The number of rotatable bonds is 2. The first-order valence-corrected chi connectivity index (χ1v) is 9.77. The van der Waals surface area contributed by atoms with Gasteiger partial charge in [0, 0.05) is 12.1 Å². The van der Waals surface area contributed by atoms with Crippen molar-refractivity contribution in [1.29, 1.82) is 0 Å². The van der Waals surface area contributed by atoms with E-state index in [0.29, 0.717) is 42.0 Å². The van der Waals surface area contributed by atoms with E-state index in [4.69, 9.17) is 16.3 Å². The first-order chi connectivity index (χ1) is 14.0. The van der Waals surface area contributed by atoms with Crippen molar-refractivity contribution < 1.29 is 13.9 Å². The van der Waals surface area contributed by atoms with Gasteiger partial charge in [-0.1, -0.05) is 23.7 Å². The van der Waals surface area contributed by atoms with Crippen LogP contribution in [0, 0.1) is 12.7 Å². The lowest BCUT2D eigenvalue weighted by atomic mass is 10.0. The van der Waals surface area contributed by atoms with Crippen LogP contribution in [0.25, 0.3) is 11.4 Å². The number of ether oxygens (including phenoxy) is 1. The lowest BCUT2D eigenvalue weighted by molar-refractivity contribution is -0.0569. The minimum atomic E-state index is -0.353. The summed E-state index contributed by atoms with van der Waals surface area (Å²) >= 11 is 6.42. The minimum Gasteiger partial charge on any atom is -0.377 e. The highest BCUT2D eigenvalue weighted by atomic mass is 35.5. The molecule has 2 aromatic carbocycles. The Morgan fingerprint density at radius 1 is 1.17 bits per heavy atom. The van der Waals surface area contributed by atoms with Crippen LogP contribution in [0.4, 0.5) is 4.39 Å². The summed E-state index contributed by atoms with van der Waals surface area (Å²) in [5.74, 6) is 0.897. The molecule has 2 aliphatic rings. The van der Waals surface area contributed by atoms with E-state index in [2.05, 4.69) is 10.2 Å². The van der Waals surface area contributed by atoms with Gasteiger partial charge in [-0.05, 0) is 42.8 Å². The van der Waals surface area contributed by atoms with Gasteiger partial charge < -0.3 is 14.2 Å². The molecule has 8 heteroatoms. The van der Waals surface area contributed by atoms with Gasteiger partial charge in [0.15, 0.2) is 11.6 Å². The normalized spacial score (nSPS) is 20.4. The first kappa shape index (κ1) is 18.3. The molecular weight excluding hydrogens is 395 g/mol. The molecule has 1 fully saturated rings. The summed E-state index contributed by atoms with van der Waals surface area (Å²) in [5.41, 5.74) is 2.12. The zero-order chi connectivity index (χ0) is 20.1. The summed E-state index contributed by atoms with van der Waals surface area (Å²) < 4.78 is 21.0. The van der Waals surface area contributed by atoms with Crippen LogP contribution in [-0.4, -0.2) is 44.8 Å². The van der Waals surface area contributed by atoms with Crippen LogP contribution in [0.3, 0.4) is 0 Å². The fraction of sp³-hybridized carbons (Fsp3) is 0.286. The molecule has 2 atom stereocenters. The van der Waals surface area contributed by atoms with E-state index in [-0.39, 0.29) is 23.8 Å². The van der Waals surface area contributed by atoms with Crippen molar-refractivity contribution in [2.75, 3.05) is 13.2 Å². The zero-order valence-electron chi connectivity index (χ0n) is 15.7. The molecule has 3 heterocycles. The molecule has 0 aliphatic carbocycles. The Balaban J connectivity index is 1.55. The molecule has 1 aromatic heterocycles. The number of carbonyl (C=O) groups is 1. The van der Waals surface area contributed by atoms with Crippen molar-refractivity contribution in [1.82, 2.24) is 19.7 Å². The van der Waals surface area contributed by atoms with Gasteiger partial charge in [-0.15, -0.1) is 10.2 Å². The molecule has 0 spiro atoms. The Labute approximate surface area is 171 Å². The van der Waals surface area contributed by atoms with Crippen LogP contribution in [0.5, 0.6) is 0 Å². The number of aryl methyl sites for hydroxylation is 1. The van der Waals surface area contributed by atoms with Gasteiger partial charge in [-0.2, -0.15) is 0 Å². The number of carbonyl (C=O) groups excluding carboxylic acids is 1. The molecule has 0 saturated carbocycles. The summed E-state index contributed by atoms with van der Waals surface area (Å²) in [6, 6.07) is 11.1. The van der Waals surface area contributed by atoms with Crippen molar-refractivity contribution in [2.45, 2.75) is 25.6 Å². The molecule has 29 heavy (non-hydrogen) atoms. The third kappa shape index (κ3) is 2.92. The molecule has 1 saturated heterocycles. The molecule has 0 radical (unpaired) electrons. The number of hydrogen-bond donors (Lipinski definition) is 0. The summed E-state index contributed by atoms with van der Waals surface area (Å²) in [6.45, 7) is 3.14. The average Bonchev–Trinajstić information content (AvgIpc) is 3.13. The third-order valence-corrected chi connectivity index (χ3v) is 6.05. The summed E-state index contributed by atoms with van der Waals surface area (Å²) in [5, 5.41) is 9.15. The Morgan fingerprint density at radius 2 is 1.97 bits per heavy atom. The molecule has 3 aromatic rings. The first-order valence-electron chi connectivity index (χ1n) is 9.39. The number of aromatic nitrogens is 3. The molecule has 5 rings (SSSR count). The second-order valence-corrected chi connectivity index (χ2v) is 7.73. The number of fused-ring (bicyclic) bond motifs is 4. The van der Waals surface area contributed by atoms with Gasteiger partial charge in [-0.25, -0.2) is 4.39 Å². The number of morpholine rings is 1. The average molecular weight is 413 g/mol. The predicted octanol–water partition coefficient (Wildman–Crippen LogP) is 3.64. The second kappa shape index (κ2) is 6.93. The maximum absolute atomic E-state index is 13.4. The van der Waals surface area contributed by atoms with Crippen molar-refractivity contribution in [3.8, 4) is 11.4 Å². The molecule has 1 amide bonds. The van der Waals surface area contributed by atoms with Gasteiger partial charge in [0.05, 0.1) is 29.8 Å². The van der Waals surface area contributed by atoms with Crippen LogP contribution in [0.15, 0.2) is 42.5 Å². The Kier molecular flexibility index (Phi) is 4.37. The van der Waals surface area contributed by atoms with E-state index in [1.807, 2.05) is 28.5 Å². The standard InChI is InChI=1S/C21H18ClFN4O2/c1-12-3-2-4-16(18(12)22)21(28)27-15-9-26-19(13-5-7-14(23)8-6-13)24-25-20(26)17(27)11-29-10-15/h2-8,15,17H,9-11H2,1H3/t15-,17-/m1/s1. The third-order valence-electron chi connectivity index (χ3n) is 5.55. The summed E-state index contributed by atoms with van der Waals surface area (Å²) in [4.78, 5) is 15.2. The number of halogens is 2. The van der Waals surface area contributed by atoms with Gasteiger partial charge in [0.25, 0.3) is 5.91 Å². The van der Waals surface area contributed by atoms with E-state index in [1.165, 1.54) is 12.1 Å². The number of nitrogens with zero attached hydrogens (tertiary/aromatic N) is 4. The SMILES string of the molecule is Cc1cccc(C(=O)N2[C@H]3COC[C@@H]2c2nnc(-c4ccc(F)cc4)n2C3)c1Cl. The van der Waals surface area contributed by atoms with Crippen molar-refractivity contribution in [2.24, 2.45) is 0 Å². The molecule has 2 bridgehead atoms. The van der Waals surface area contributed by atoms with E-state index in [9.17, 15) is 9.18 Å². The van der Waals surface area contributed by atoms with E-state index < -0.39 is 0 Å². The largest absolute Gasteiger partial charge is 0.377 e. The van der Waals surface area contributed by atoms with Crippen LogP contribution in [0.1, 0.15) is 27.8 Å². The molecule has 148 valence electrons. The molecule has 2 aliphatic heterocycles. The van der Waals surface area contributed by atoms with E-state index in [1.54, 1.807) is 18.2 Å². The highest BCUT2D eigenvalue weighted by Gasteiger charge is 2.44.